The van der Waals surface area contributed by atoms with Gasteiger partial charge in [-0.2, -0.15) is 0 Å². The summed E-state index contributed by atoms with van der Waals surface area (Å²) in [6, 6.07) is 0.264. The highest BCUT2D eigenvalue weighted by molar-refractivity contribution is 5.77. The summed E-state index contributed by atoms with van der Waals surface area (Å²) >= 11 is 0. The molecule has 4 nitrogen and oxygen atoms in total. The molecule has 1 N–H and O–H groups in total. The first-order valence-electron chi connectivity index (χ1n) is 6.76. The van der Waals surface area contributed by atoms with Crippen LogP contribution < -0.4 is 5.32 Å². The fraction of sp³-hybridized carbons (Fsp3) is 0.929. The third kappa shape index (κ3) is 5.36. The van der Waals surface area contributed by atoms with Gasteiger partial charge in [0.1, 0.15) is 6.61 Å². The number of amides is 1. The maximum atomic E-state index is 11.7. The van der Waals surface area contributed by atoms with Crippen molar-refractivity contribution >= 4 is 5.91 Å². The van der Waals surface area contributed by atoms with Crippen molar-refractivity contribution in [1.29, 1.82) is 0 Å². The third-order valence-electron chi connectivity index (χ3n) is 3.14. The third-order valence-corrected chi connectivity index (χ3v) is 3.14. The second-order valence-electron chi connectivity index (χ2n) is 7.07. The summed E-state index contributed by atoms with van der Waals surface area (Å²) in [6.07, 6.45) is 1.03. The first kappa shape index (κ1) is 15.4. The number of ether oxygens (including phenoxy) is 1. The molecule has 0 aromatic heterocycles. The average molecular weight is 256 g/mol. The fourth-order valence-corrected chi connectivity index (χ4v) is 2.04. The second kappa shape index (κ2) is 5.57. The highest BCUT2D eigenvalue weighted by atomic mass is 16.5. The Hall–Kier alpha value is -0.610. The van der Waals surface area contributed by atoms with Gasteiger partial charge >= 0.3 is 0 Å². The molecule has 0 aliphatic carbocycles. The van der Waals surface area contributed by atoms with Crippen molar-refractivity contribution in [3.63, 3.8) is 0 Å². The monoisotopic (exact) mass is 256 g/mol. The first-order chi connectivity index (χ1) is 8.08. The van der Waals surface area contributed by atoms with Gasteiger partial charge in [-0.3, -0.25) is 9.69 Å². The minimum absolute atomic E-state index is 0.00863. The molecule has 1 aliphatic rings. The van der Waals surface area contributed by atoms with Gasteiger partial charge in [-0.1, -0.05) is 0 Å². The van der Waals surface area contributed by atoms with Crippen LogP contribution in [0.15, 0.2) is 0 Å². The van der Waals surface area contributed by atoms with Crippen molar-refractivity contribution in [3.05, 3.63) is 0 Å². The Bertz CT molecular complexity index is 289. The summed E-state index contributed by atoms with van der Waals surface area (Å²) in [4.78, 5) is 14.2. The summed E-state index contributed by atoms with van der Waals surface area (Å²) in [5, 5.41) is 3.05. The minimum Gasteiger partial charge on any atom is -0.366 e. The van der Waals surface area contributed by atoms with Gasteiger partial charge in [-0.15, -0.1) is 0 Å². The minimum atomic E-state index is -0.259. The normalized spacial score (nSPS) is 22.2. The zero-order chi connectivity index (χ0) is 14.0. The van der Waals surface area contributed by atoms with Gasteiger partial charge in [0.15, 0.2) is 0 Å². The molecule has 0 aromatic rings. The quantitative estimate of drug-likeness (QED) is 0.837. The lowest BCUT2D eigenvalue weighted by Crippen LogP contribution is -2.44. The molecule has 0 aromatic carbocycles. The molecule has 1 amide bonds. The molecular weight excluding hydrogens is 228 g/mol. The van der Waals surface area contributed by atoms with Crippen LogP contribution in [0.4, 0.5) is 0 Å². The molecule has 1 rings (SSSR count). The highest BCUT2D eigenvalue weighted by Gasteiger charge is 2.30. The van der Waals surface area contributed by atoms with E-state index >= 15 is 0 Å². The van der Waals surface area contributed by atoms with Gasteiger partial charge in [0.05, 0.1) is 5.60 Å². The second-order valence-corrected chi connectivity index (χ2v) is 7.07. The van der Waals surface area contributed by atoms with E-state index in [1.54, 1.807) is 0 Å². The van der Waals surface area contributed by atoms with Crippen LogP contribution >= 0.6 is 0 Å². The first-order valence-corrected chi connectivity index (χ1v) is 6.76. The number of nitrogens with zero attached hydrogens (tertiary/aromatic N) is 1. The van der Waals surface area contributed by atoms with E-state index in [0.717, 1.165) is 19.5 Å². The van der Waals surface area contributed by atoms with Crippen molar-refractivity contribution in [1.82, 2.24) is 10.2 Å². The van der Waals surface area contributed by atoms with Crippen molar-refractivity contribution < 1.29 is 9.53 Å². The standard InChI is InChI=1S/C14H28N2O2/c1-13(2,3)16-8-7-11(9-16)15-12(17)10-18-14(4,5)6/h11H,7-10H2,1-6H3,(H,15,17). The van der Waals surface area contributed by atoms with E-state index in [2.05, 4.69) is 31.0 Å². The molecule has 0 bridgehead atoms. The predicted molar refractivity (Wildman–Crippen MR) is 73.6 cm³/mol. The number of carbonyl (C=O) groups is 1. The van der Waals surface area contributed by atoms with Gasteiger partial charge in [0.2, 0.25) is 5.91 Å². The summed E-state index contributed by atoms with van der Waals surface area (Å²) in [5.41, 5.74) is -0.0775. The molecule has 0 radical (unpaired) electrons. The van der Waals surface area contributed by atoms with Crippen LogP contribution in [-0.4, -0.2) is 47.7 Å². The van der Waals surface area contributed by atoms with E-state index in [4.69, 9.17) is 4.74 Å². The van der Waals surface area contributed by atoms with Crippen LogP contribution in [0.3, 0.4) is 0 Å². The van der Waals surface area contributed by atoms with Crippen LogP contribution in [-0.2, 0) is 9.53 Å². The molecule has 1 atom stereocenters. The van der Waals surface area contributed by atoms with E-state index in [9.17, 15) is 4.79 Å². The number of carbonyl (C=O) groups excluding carboxylic acids is 1. The molecule has 0 saturated carbocycles. The Kier molecular flexibility index (Phi) is 4.78. The number of hydrogen-bond donors (Lipinski definition) is 1. The zero-order valence-electron chi connectivity index (χ0n) is 12.7. The molecule has 106 valence electrons. The maximum absolute atomic E-state index is 11.7. The van der Waals surface area contributed by atoms with E-state index in [1.807, 2.05) is 20.8 Å². The average Bonchev–Trinajstić information content (AvgIpc) is 2.61. The number of nitrogens with one attached hydrogen (secondary N) is 1. The smallest absolute Gasteiger partial charge is 0.246 e. The largest absolute Gasteiger partial charge is 0.366 e. The zero-order valence-corrected chi connectivity index (χ0v) is 12.7. The lowest BCUT2D eigenvalue weighted by atomic mass is 10.1. The molecule has 4 heteroatoms. The molecule has 1 fully saturated rings. The van der Waals surface area contributed by atoms with E-state index in [0.29, 0.717) is 0 Å². The molecule has 1 unspecified atom stereocenters. The van der Waals surface area contributed by atoms with Gasteiger partial charge in [0, 0.05) is 24.7 Å². The van der Waals surface area contributed by atoms with Gasteiger partial charge in [-0.05, 0) is 48.0 Å². The molecule has 0 spiro atoms. The van der Waals surface area contributed by atoms with Crippen LogP contribution in [0.2, 0.25) is 0 Å². The van der Waals surface area contributed by atoms with E-state index in [1.165, 1.54) is 0 Å². The topological polar surface area (TPSA) is 41.6 Å². The molecular formula is C14H28N2O2. The predicted octanol–water partition coefficient (Wildman–Crippen LogP) is 1.79. The number of rotatable bonds is 3. The fourth-order valence-electron chi connectivity index (χ4n) is 2.04. The SMILES string of the molecule is CC(C)(C)OCC(=O)NC1CCN(C(C)(C)C)C1. The molecule has 1 saturated heterocycles. The highest BCUT2D eigenvalue weighted by Crippen LogP contribution is 2.20. The lowest BCUT2D eigenvalue weighted by Gasteiger charge is -2.31. The Balaban J connectivity index is 2.31. The molecule has 18 heavy (non-hydrogen) atoms. The summed E-state index contributed by atoms with van der Waals surface area (Å²) in [6.45, 7) is 14.6. The number of hydrogen-bond acceptors (Lipinski definition) is 3. The van der Waals surface area contributed by atoms with Crippen LogP contribution in [0, 0.1) is 0 Å². The molecule has 1 heterocycles. The number of likely N-dealkylation sites (tertiary alicyclic amines) is 1. The summed E-state index contributed by atoms with van der Waals surface area (Å²) in [7, 11) is 0. The Labute approximate surface area is 111 Å². The Morgan fingerprint density at radius 3 is 2.33 bits per heavy atom. The van der Waals surface area contributed by atoms with E-state index in [-0.39, 0.29) is 29.7 Å². The lowest BCUT2D eigenvalue weighted by molar-refractivity contribution is -0.131. The Morgan fingerprint density at radius 1 is 1.28 bits per heavy atom. The van der Waals surface area contributed by atoms with Crippen molar-refractivity contribution in [2.45, 2.75) is 65.1 Å². The van der Waals surface area contributed by atoms with Crippen LogP contribution in [0.25, 0.3) is 0 Å². The molecule has 1 aliphatic heterocycles. The van der Waals surface area contributed by atoms with Gasteiger partial charge in [-0.25, -0.2) is 0 Å². The van der Waals surface area contributed by atoms with Gasteiger partial charge in [0.25, 0.3) is 0 Å². The van der Waals surface area contributed by atoms with E-state index < -0.39 is 0 Å². The van der Waals surface area contributed by atoms with Crippen LogP contribution in [0.1, 0.15) is 48.0 Å². The van der Waals surface area contributed by atoms with Crippen molar-refractivity contribution in [3.8, 4) is 0 Å². The van der Waals surface area contributed by atoms with Crippen molar-refractivity contribution in [2.75, 3.05) is 19.7 Å². The summed E-state index contributed by atoms with van der Waals surface area (Å²) < 4.78 is 5.47. The maximum Gasteiger partial charge on any atom is 0.246 e. The van der Waals surface area contributed by atoms with Crippen molar-refractivity contribution in [2.24, 2.45) is 0 Å². The van der Waals surface area contributed by atoms with Gasteiger partial charge < -0.3 is 10.1 Å². The Morgan fingerprint density at radius 2 is 1.89 bits per heavy atom. The van der Waals surface area contributed by atoms with Crippen LogP contribution in [0.5, 0.6) is 0 Å². The summed E-state index contributed by atoms with van der Waals surface area (Å²) in [5.74, 6) is -0.00863.